The van der Waals surface area contributed by atoms with Gasteiger partial charge in [0.2, 0.25) is 0 Å². The van der Waals surface area contributed by atoms with E-state index < -0.39 is 28.7 Å². The van der Waals surface area contributed by atoms with Gasteiger partial charge in [0.25, 0.3) is 11.8 Å². The lowest BCUT2D eigenvalue weighted by Gasteiger charge is -2.13. The lowest BCUT2D eigenvalue weighted by molar-refractivity contribution is -0.432. The van der Waals surface area contributed by atoms with Crippen LogP contribution in [-0.4, -0.2) is 29.6 Å². The van der Waals surface area contributed by atoms with Crippen molar-refractivity contribution in [3.8, 4) is 0 Å². The van der Waals surface area contributed by atoms with Gasteiger partial charge in [0.1, 0.15) is 0 Å². The molecule has 0 aliphatic carbocycles. The third-order valence-electron chi connectivity index (χ3n) is 2.38. The molecule has 0 radical (unpaired) electrons. The fraction of sp³-hybridized carbons (Fsp3) is 0.286. The maximum atomic E-state index is 11.8. The highest BCUT2D eigenvalue weighted by atomic mass is 16.6. The smallest absolute Gasteiger partial charge is 0.358 e. The third-order valence-corrected chi connectivity index (χ3v) is 2.38. The SMILES string of the molecule is CCOC(=O)[C@H](OC(C)=O)/C(=C\c1ccccc1)[N+](=O)[O-]. The van der Waals surface area contributed by atoms with Gasteiger partial charge < -0.3 is 9.47 Å². The summed E-state index contributed by atoms with van der Waals surface area (Å²) < 4.78 is 9.45. The fourth-order valence-electron chi connectivity index (χ4n) is 1.56. The number of nitrogens with zero attached hydrogens (tertiary/aromatic N) is 1. The molecule has 0 fully saturated rings. The Morgan fingerprint density at radius 3 is 2.43 bits per heavy atom. The van der Waals surface area contributed by atoms with Crippen LogP contribution in [0, 0.1) is 10.1 Å². The Morgan fingerprint density at radius 2 is 1.95 bits per heavy atom. The Morgan fingerprint density at radius 1 is 1.33 bits per heavy atom. The van der Waals surface area contributed by atoms with Gasteiger partial charge in [-0.25, -0.2) is 4.79 Å². The molecule has 0 aliphatic heterocycles. The molecule has 1 aromatic rings. The molecule has 0 unspecified atom stereocenters. The molecular weight excluding hydrogens is 278 g/mol. The van der Waals surface area contributed by atoms with Gasteiger partial charge in [-0.2, -0.15) is 0 Å². The Kier molecular flexibility index (Phi) is 6.06. The molecule has 1 rings (SSSR count). The van der Waals surface area contributed by atoms with E-state index in [1.165, 1.54) is 6.08 Å². The molecule has 0 aromatic heterocycles. The molecule has 21 heavy (non-hydrogen) atoms. The summed E-state index contributed by atoms with van der Waals surface area (Å²) in [6.45, 7) is 2.63. The van der Waals surface area contributed by atoms with Gasteiger partial charge in [-0.3, -0.25) is 14.9 Å². The van der Waals surface area contributed by atoms with Gasteiger partial charge in [0, 0.05) is 13.0 Å². The van der Waals surface area contributed by atoms with E-state index in [-0.39, 0.29) is 6.61 Å². The second-order valence-electron chi connectivity index (χ2n) is 3.98. The molecule has 0 saturated carbocycles. The van der Waals surface area contributed by atoms with Gasteiger partial charge >= 0.3 is 11.9 Å². The second kappa shape index (κ2) is 7.78. The van der Waals surface area contributed by atoms with Crippen LogP contribution in [0.4, 0.5) is 0 Å². The second-order valence-corrected chi connectivity index (χ2v) is 3.98. The van der Waals surface area contributed by atoms with Crippen molar-refractivity contribution in [3.63, 3.8) is 0 Å². The van der Waals surface area contributed by atoms with Crippen LogP contribution in [0.2, 0.25) is 0 Å². The monoisotopic (exact) mass is 293 g/mol. The van der Waals surface area contributed by atoms with Crippen LogP contribution in [0.1, 0.15) is 19.4 Å². The number of ether oxygens (including phenoxy) is 2. The Labute approximate surface area is 121 Å². The molecule has 0 heterocycles. The standard InChI is InChI=1S/C14H15NO6/c1-3-20-14(17)13(21-10(2)16)12(15(18)19)9-11-7-5-4-6-8-11/h4-9,13H,3H2,1-2H3/b12-9+/t13-/m1/s1. The Balaban J connectivity index is 3.19. The van der Waals surface area contributed by atoms with E-state index in [1.54, 1.807) is 37.3 Å². The Hall–Kier alpha value is -2.70. The highest BCUT2D eigenvalue weighted by molar-refractivity contribution is 5.82. The lowest BCUT2D eigenvalue weighted by Crippen LogP contribution is -2.33. The largest absolute Gasteiger partial charge is 0.463 e. The number of carbonyl (C=O) groups excluding carboxylic acids is 2. The first kappa shape index (κ1) is 16.4. The molecule has 112 valence electrons. The predicted octanol–water partition coefficient (Wildman–Crippen LogP) is 1.80. The number of benzene rings is 1. The normalized spacial score (nSPS) is 12.4. The first-order chi connectivity index (χ1) is 9.95. The average molecular weight is 293 g/mol. The van der Waals surface area contributed by atoms with Crippen molar-refractivity contribution in [2.75, 3.05) is 6.61 Å². The summed E-state index contributed by atoms with van der Waals surface area (Å²) in [5.74, 6) is -1.79. The van der Waals surface area contributed by atoms with Crippen LogP contribution in [0.5, 0.6) is 0 Å². The van der Waals surface area contributed by atoms with Crippen LogP contribution in [0.25, 0.3) is 6.08 Å². The van der Waals surface area contributed by atoms with Gasteiger partial charge in [0.05, 0.1) is 11.5 Å². The predicted molar refractivity (Wildman–Crippen MR) is 73.6 cm³/mol. The van der Waals surface area contributed by atoms with Crippen LogP contribution in [-0.2, 0) is 19.1 Å². The number of rotatable bonds is 6. The van der Waals surface area contributed by atoms with E-state index >= 15 is 0 Å². The van der Waals surface area contributed by atoms with Crippen molar-refractivity contribution in [1.29, 1.82) is 0 Å². The van der Waals surface area contributed by atoms with Crippen LogP contribution < -0.4 is 0 Å². The van der Waals surface area contributed by atoms with Gasteiger partial charge in [0.15, 0.2) is 0 Å². The molecular formula is C14H15NO6. The summed E-state index contributed by atoms with van der Waals surface area (Å²) in [6, 6.07) is 8.38. The summed E-state index contributed by atoms with van der Waals surface area (Å²) >= 11 is 0. The fourth-order valence-corrected chi connectivity index (χ4v) is 1.56. The molecule has 0 spiro atoms. The molecule has 7 heteroatoms. The van der Waals surface area contributed by atoms with Crippen molar-refractivity contribution in [1.82, 2.24) is 0 Å². The van der Waals surface area contributed by atoms with Crippen molar-refractivity contribution in [3.05, 3.63) is 51.7 Å². The highest BCUT2D eigenvalue weighted by Gasteiger charge is 2.36. The summed E-state index contributed by atoms with van der Waals surface area (Å²) in [5, 5.41) is 11.2. The molecule has 0 bridgehead atoms. The van der Waals surface area contributed by atoms with Crippen LogP contribution in [0.15, 0.2) is 36.0 Å². The minimum absolute atomic E-state index is 0.0208. The summed E-state index contributed by atoms with van der Waals surface area (Å²) in [7, 11) is 0. The van der Waals surface area contributed by atoms with E-state index in [0.29, 0.717) is 5.56 Å². The molecule has 1 atom stereocenters. The zero-order valence-electron chi connectivity index (χ0n) is 11.6. The van der Waals surface area contributed by atoms with Crippen molar-refractivity contribution < 1.29 is 24.0 Å². The van der Waals surface area contributed by atoms with E-state index in [4.69, 9.17) is 9.47 Å². The number of carbonyl (C=O) groups is 2. The number of hydrogen-bond donors (Lipinski definition) is 0. The zero-order valence-corrected chi connectivity index (χ0v) is 11.6. The number of nitro groups is 1. The van der Waals surface area contributed by atoms with E-state index in [1.807, 2.05) is 0 Å². The first-order valence-corrected chi connectivity index (χ1v) is 6.20. The van der Waals surface area contributed by atoms with Gasteiger partial charge in [-0.05, 0) is 12.5 Å². The average Bonchev–Trinajstić information content (AvgIpc) is 2.43. The van der Waals surface area contributed by atoms with Crippen molar-refractivity contribution in [2.45, 2.75) is 20.0 Å². The third kappa shape index (κ3) is 5.06. The molecule has 0 saturated heterocycles. The number of esters is 2. The number of hydrogen-bond acceptors (Lipinski definition) is 6. The zero-order chi connectivity index (χ0) is 15.8. The van der Waals surface area contributed by atoms with Crippen LogP contribution >= 0.6 is 0 Å². The first-order valence-electron chi connectivity index (χ1n) is 6.20. The molecule has 1 aromatic carbocycles. The molecule has 0 aliphatic rings. The minimum atomic E-state index is -1.70. The topological polar surface area (TPSA) is 95.7 Å². The highest BCUT2D eigenvalue weighted by Crippen LogP contribution is 2.15. The molecule has 0 amide bonds. The van der Waals surface area contributed by atoms with E-state index in [2.05, 4.69) is 0 Å². The summed E-state index contributed by atoms with van der Waals surface area (Å²) in [5.41, 5.74) is -0.0551. The maximum Gasteiger partial charge on any atom is 0.358 e. The van der Waals surface area contributed by atoms with E-state index in [9.17, 15) is 19.7 Å². The summed E-state index contributed by atoms with van der Waals surface area (Å²) in [6.07, 6.45) is -0.525. The molecule has 7 nitrogen and oxygen atoms in total. The summed E-state index contributed by atoms with van der Waals surface area (Å²) in [4.78, 5) is 33.2. The van der Waals surface area contributed by atoms with E-state index in [0.717, 1.165) is 6.92 Å². The quantitative estimate of drug-likeness (QED) is 0.451. The van der Waals surface area contributed by atoms with Gasteiger partial charge in [-0.1, -0.05) is 30.3 Å². The van der Waals surface area contributed by atoms with Crippen molar-refractivity contribution in [2.24, 2.45) is 0 Å². The lowest BCUT2D eigenvalue weighted by atomic mass is 10.1. The van der Waals surface area contributed by atoms with Crippen LogP contribution in [0.3, 0.4) is 0 Å². The van der Waals surface area contributed by atoms with Gasteiger partial charge in [-0.15, -0.1) is 0 Å². The minimum Gasteiger partial charge on any atom is -0.463 e. The maximum absolute atomic E-state index is 11.8. The van der Waals surface area contributed by atoms with Crippen molar-refractivity contribution >= 4 is 18.0 Å². The molecule has 0 N–H and O–H groups in total. The Bertz CT molecular complexity index is 552.